The van der Waals surface area contributed by atoms with E-state index in [-0.39, 0.29) is 17.8 Å². The second kappa shape index (κ2) is 6.40. The van der Waals surface area contributed by atoms with Crippen LogP contribution in [0.1, 0.15) is 39.5 Å². The number of rotatable bonds is 7. The highest BCUT2D eigenvalue weighted by atomic mass is 32.2. The predicted molar refractivity (Wildman–Crippen MR) is 59.0 cm³/mol. The van der Waals surface area contributed by atoms with Crippen LogP contribution in [-0.2, 0) is 9.84 Å². The van der Waals surface area contributed by atoms with Crippen LogP contribution in [0.25, 0.3) is 0 Å². The summed E-state index contributed by atoms with van der Waals surface area (Å²) >= 11 is 0. The van der Waals surface area contributed by atoms with Crippen LogP contribution in [0.2, 0.25) is 0 Å². The van der Waals surface area contributed by atoms with E-state index in [1.165, 1.54) is 6.26 Å². The lowest BCUT2D eigenvalue weighted by atomic mass is 9.96. The van der Waals surface area contributed by atoms with Gasteiger partial charge in [0.1, 0.15) is 9.84 Å². The summed E-state index contributed by atoms with van der Waals surface area (Å²) in [5.74, 6) is 0.461. The Balaban J connectivity index is 3.68. The molecule has 0 spiro atoms. The van der Waals surface area contributed by atoms with Crippen LogP contribution in [0.15, 0.2) is 0 Å². The van der Waals surface area contributed by atoms with Crippen LogP contribution in [0.5, 0.6) is 0 Å². The lowest BCUT2D eigenvalue weighted by molar-refractivity contribution is 0.102. The molecule has 0 fully saturated rings. The first-order valence-corrected chi connectivity index (χ1v) is 7.28. The third-order valence-electron chi connectivity index (χ3n) is 2.42. The van der Waals surface area contributed by atoms with E-state index >= 15 is 0 Å². The van der Waals surface area contributed by atoms with Crippen molar-refractivity contribution >= 4 is 9.84 Å². The zero-order valence-corrected chi connectivity index (χ0v) is 10.2. The summed E-state index contributed by atoms with van der Waals surface area (Å²) in [6, 6.07) is 0. The van der Waals surface area contributed by atoms with Crippen LogP contribution in [0.3, 0.4) is 0 Å². The third kappa shape index (κ3) is 7.33. The number of sulfone groups is 1. The van der Waals surface area contributed by atoms with E-state index in [1.807, 2.05) is 6.92 Å². The van der Waals surface area contributed by atoms with Crippen LogP contribution < -0.4 is 0 Å². The second-order valence-corrected chi connectivity index (χ2v) is 6.37. The molecule has 4 heteroatoms. The molecule has 14 heavy (non-hydrogen) atoms. The third-order valence-corrected chi connectivity index (χ3v) is 3.45. The molecule has 0 heterocycles. The van der Waals surface area contributed by atoms with E-state index < -0.39 is 9.84 Å². The smallest absolute Gasteiger partial charge is 0.147 e. The molecule has 0 aromatic rings. The number of hydrogen-bond acceptors (Lipinski definition) is 3. The van der Waals surface area contributed by atoms with Gasteiger partial charge in [-0.1, -0.05) is 20.3 Å². The Kier molecular flexibility index (Phi) is 6.36. The van der Waals surface area contributed by atoms with Crippen molar-refractivity contribution in [2.24, 2.45) is 5.92 Å². The minimum Gasteiger partial charge on any atom is -0.393 e. The van der Waals surface area contributed by atoms with E-state index in [9.17, 15) is 13.5 Å². The first-order valence-electron chi connectivity index (χ1n) is 5.22. The molecule has 0 bridgehead atoms. The molecular formula is C10H22O3S. The number of aliphatic hydroxyl groups excluding tert-OH is 1. The average molecular weight is 222 g/mol. The van der Waals surface area contributed by atoms with Gasteiger partial charge < -0.3 is 5.11 Å². The van der Waals surface area contributed by atoms with Gasteiger partial charge in [-0.05, 0) is 25.2 Å². The van der Waals surface area contributed by atoms with Crippen molar-refractivity contribution in [3.63, 3.8) is 0 Å². The van der Waals surface area contributed by atoms with E-state index in [4.69, 9.17) is 0 Å². The van der Waals surface area contributed by atoms with Crippen molar-refractivity contribution in [1.29, 1.82) is 0 Å². The van der Waals surface area contributed by atoms with Gasteiger partial charge in [-0.25, -0.2) is 8.42 Å². The minimum absolute atomic E-state index is 0.183. The standard InChI is InChI=1S/C10H22O3S/c1-4-6-9(2)10(11)7-5-8-14(3,12)13/h9-11H,4-8H2,1-3H3. The van der Waals surface area contributed by atoms with E-state index in [0.29, 0.717) is 12.8 Å². The molecule has 0 saturated heterocycles. The highest BCUT2D eigenvalue weighted by molar-refractivity contribution is 7.90. The maximum atomic E-state index is 10.8. The maximum Gasteiger partial charge on any atom is 0.147 e. The molecular weight excluding hydrogens is 200 g/mol. The second-order valence-electron chi connectivity index (χ2n) is 4.11. The van der Waals surface area contributed by atoms with E-state index in [0.717, 1.165) is 12.8 Å². The van der Waals surface area contributed by atoms with E-state index in [2.05, 4.69) is 6.92 Å². The Hall–Kier alpha value is -0.0900. The monoisotopic (exact) mass is 222 g/mol. The fraction of sp³-hybridized carbons (Fsp3) is 1.00. The first-order chi connectivity index (χ1) is 6.37. The van der Waals surface area contributed by atoms with Crippen molar-refractivity contribution in [2.45, 2.75) is 45.6 Å². The molecule has 0 aliphatic rings. The molecule has 86 valence electrons. The van der Waals surface area contributed by atoms with Crippen LogP contribution in [0, 0.1) is 5.92 Å². The molecule has 3 nitrogen and oxygen atoms in total. The van der Waals surface area contributed by atoms with E-state index in [1.54, 1.807) is 0 Å². The summed E-state index contributed by atoms with van der Waals surface area (Å²) in [6.07, 6.45) is 4.10. The van der Waals surface area contributed by atoms with Crippen molar-refractivity contribution in [3.05, 3.63) is 0 Å². The van der Waals surface area contributed by atoms with Gasteiger partial charge in [0.25, 0.3) is 0 Å². The van der Waals surface area contributed by atoms with Crippen LogP contribution in [-0.4, -0.2) is 31.6 Å². The summed E-state index contributed by atoms with van der Waals surface area (Å²) in [5.41, 5.74) is 0. The van der Waals surface area contributed by atoms with Crippen LogP contribution >= 0.6 is 0 Å². The van der Waals surface area contributed by atoms with Gasteiger partial charge in [-0.15, -0.1) is 0 Å². The van der Waals surface area contributed by atoms with Gasteiger partial charge in [0.05, 0.1) is 6.10 Å². The molecule has 2 atom stereocenters. The average Bonchev–Trinajstić information content (AvgIpc) is 2.02. The largest absolute Gasteiger partial charge is 0.393 e. The van der Waals surface area contributed by atoms with Crippen LogP contribution in [0.4, 0.5) is 0 Å². The van der Waals surface area contributed by atoms with Gasteiger partial charge in [0.15, 0.2) is 0 Å². The number of hydrogen-bond donors (Lipinski definition) is 1. The van der Waals surface area contributed by atoms with Crippen molar-refractivity contribution in [3.8, 4) is 0 Å². The van der Waals surface area contributed by atoms with Gasteiger partial charge in [-0.2, -0.15) is 0 Å². The lowest BCUT2D eigenvalue weighted by Gasteiger charge is -2.17. The summed E-state index contributed by atoms with van der Waals surface area (Å²) in [6.45, 7) is 4.09. The number of aliphatic hydroxyl groups is 1. The topological polar surface area (TPSA) is 54.4 Å². The zero-order chi connectivity index (χ0) is 11.2. The highest BCUT2D eigenvalue weighted by Gasteiger charge is 2.13. The fourth-order valence-electron chi connectivity index (χ4n) is 1.49. The van der Waals surface area contributed by atoms with Gasteiger partial charge in [0.2, 0.25) is 0 Å². The predicted octanol–water partition coefficient (Wildman–Crippen LogP) is 1.61. The molecule has 1 N–H and O–H groups in total. The maximum absolute atomic E-state index is 10.8. The van der Waals surface area contributed by atoms with Gasteiger partial charge in [-0.3, -0.25) is 0 Å². The summed E-state index contributed by atoms with van der Waals surface area (Å²) in [7, 11) is -2.87. The fourth-order valence-corrected chi connectivity index (χ4v) is 2.18. The first kappa shape index (κ1) is 13.9. The van der Waals surface area contributed by atoms with Crippen molar-refractivity contribution in [2.75, 3.05) is 12.0 Å². The summed E-state index contributed by atoms with van der Waals surface area (Å²) < 4.78 is 21.7. The molecule has 0 amide bonds. The Labute approximate surface area is 87.4 Å². The molecule has 0 rings (SSSR count). The zero-order valence-electron chi connectivity index (χ0n) is 9.36. The molecule has 0 aromatic heterocycles. The normalized spacial score (nSPS) is 16.6. The minimum atomic E-state index is -2.87. The summed E-state index contributed by atoms with van der Waals surface area (Å²) in [5, 5.41) is 9.65. The Bertz CT molecular complexity index is 234. The quantitative estimate of drug-likeness (QED) is 0.712. The molecule has 2 unspecified atom stereocenters. The Morgan fingerprint density at radius 1 is 1.29 bits per heavy atom. The van der Waals surface area contributed by atoms with Gasteiger partial charge in [0, 0.05) is 12.0 Å². The Morgan fingerprint density at radius 3 is 2.29 bits per heavy atom. The Morgan fingerprint density at radius 2 is 1.86 bits per heavy atom. The van der Waals surface area contributed by atoms with Gasteiger partial charge >= 0.3 is 0 Å². The lowest BCUT2D eigenvalue weighted by Crippen LogP contribution is -2.18. The van der Waals surface area contributed by atoms with Crippen molar-refractivity contribution < 1.29 is 13.5 Å². The molecule has 0 aliphatic heterocycles. The molecule has 0 aromatic carbocycles. The molecule has 0 radical (unpaired) electrons. The SMILES string of the molecule is CCCC(C)C(O)CCCS(C)(=O)=O. The highest BCUT2D eigenvalue weighted by Crippen LogP contribution is 2.14. The van der Waals surface area contributed by atoms with Crippen molar-refractivity contribution in [1.82, 2.24) is 0 Å². The molecule has 0 aliphatic carbocycles. The summed E-state index contributed by atoms with van der Waals surface area (Å²) in [4.78, 5) is 0. The molecule has 0 saturated carbocycles.